The van der Waals surface area contributed by atoms with Crippen molar-refractivity contribution in [2.75, 3.05) is 6.54 Å². The highest BCUT2D eigenvalue weighted by Gasteiger charge is 2.18. The SMILES string of the molecule is CC(C)CN(C(C)C)C(C)CC(=N)N. The third kappa shape index (κ3) is 5.22. The molecule has 0 amide bonds. The van der Waals surface area contributed by atoms with E-state index in [1.54, 1.807) is 0 Å². The minimum absolute atomic E-state index is 0.284. The van der Waals surface area contributed by atoms with Crippen molar-refractivity contribution < 1.29 is 0 Å². The maximum Gasteiger partial charge on any atom is 0.0920 e. The second kappa shape index (κ2) is 6.02. The van der Waals surface area contributed by atoms with E-state index in [1.807, 2.05) is 0 Å². The zero-order valence-electron chi connectivity index (χ0n) is 10.2. The van der Waals surface area contributed by atoms with Gasteiger partial charge in [-0.3, -0.25) is 10.3 Å². The number of hydrogen-bond donors (Lipinski definition) is 2. The van der Waals surface area contributed by atoms with Gasteiger partial charge in [0.1, 0.15) is 0 Å². The molecular weight excluding hydrogens is 174 g/mol. The minimum Gasteiger partial charge on any atom is -0.388 e. The maximum atomic E-state index is 7.29. The number of hydrogen-bond acceptors (Lipinski definition) is 2. The summed E-state index contributed by atoms with van der Waals surface area (Å²) in [6.45, 7) is 12.0. The van der Waals surface area contributed by atoms with E-state index >= 15 is 0 Å². The molecule has 0 aliphatic rings. The van der Waals surface area contributed by atoms with E-state index < -0.39 is 0 Å². The first-order valence-electron chi connectivity index (χ1n) is 5.43. The molecule has 0 aromatic rings. The van der Waals surface area contributed by atoms with Crippen molar-refractivity contribution >= 4 is 5.84 Å². The summed E-state index contributed by atoms with van der Waals surface area (Å²) in [7, 11) is 0. The van der Waals surface area contributed by atoms with Crippen LogP contribution in [0.1, 0.15) is 41.0 Å². The van der Waals surface area contributed by atoms with Crippen LogP contribution in [0.2, 0.25) is 0 Å². The molecule has 0 spiro atoms. The molecule has 0 fully saturated rings. The first kappa shape index (κ1) is 13.4. The van der Waals surface area contributed by atoms with Crippen LogP contribution in [0.3, 0.4) is 0 Å². The zero-order chi connectivity index (χ0) is 11.3. The van der Waals surface area contributed by atoms with Gasteiger partial charge in [-0.1, -0.05) is 13.8 Å². The molecule has 84 valence electrons. The Morgan fingerprint density at radius 2 is 1.71 bits per heavy atom. The lowest BCUT2D eigenvalue weighted by atomic mass is 10.1. The van der Waals surface area contributed by atoms with Crippen molar-refractivity contribution in [1.82, 2.24) is 4.90 Å². The van der Waals surface area contributed by atoms with E-state index in [0.717, 1.165) is 6.54 Å². The van der Waals surface area contributed by atoms with Crippen LogP contribution in [0.15, 0.2) is 0 Å². The Balaban J connectivity index is 4.25. The third-order valence-corrected chi connectivity index (χ3v) is 2.32. The monoisotopic (exact) mass is 199 g/mol. The average Bonchev–Trinajstić information content (AvgIpc) is 1.97. The van der Waals surface area contributed by atoms with Crippen LogP contribution in [-0.2, 0) is 0 Å². The average molecular weight is 199 g/mol. The summed E-state index contributed by atoms with van der Waals surface area (Å²) in [5, 5.41) is 7.29. The molecule has 0 aliphatic carbocycles. The van der Waals surface area contributed by atoms with Crippen LogP contribution in [0.5, 0.6) is 0 Å². The van der Waals surface area contributed by atoms with Gasteiger partial charge < -0.3 is 5.73 Å². The minimum atomic E-state index is 0.284. The van der Waals surface area contributed by atoms with E-state index in [4.69, 9.17) is 11.1 Å². The fraction of sp³-hybridized carbons (Fsp3) is 0.909. The van der Waals surface area contributed by atoms with E-state index in [0.29, 0.717) is 24.4 Å². The Kier molecular flexibility index (Phi) is 5.77. The summed E-state index contributed by atoms with van der Waals surface area (Å²) in [4.78, 5) is 2.41. The van der Waals surface area contributed by atoms with Crippen molar-refractivity contribution in [3.63, 3.8) is 0 Å². The fourth-order valence-electron chi connectivity index (χ4n) is 1.76. The highest BCUT2D eigenvalue weighted by molar-refractivity contribution is 5.77. The molecule has 14 heavy (non-hydrogen) atoms. The molecule has 0 bridgehead atoms. The van der Waals surface area contributed by atoms with Crippen molar-refractivity contribution in [2.24, 2.45) is 11.7 Å². The standard InChI is InChI=1S/C11H25N3/c1-8(2)7-14(9(3)4)10(5)6-11(12)13/h8-10H,6-7H2,1-5H3,(H3,12,13). The van der Waals surface area contributed by atoms with Crippen molar-refractivity contribution in [3.8, 4) is 0 Å². The lowest BCUT2D eigenvalue weighted by Gasteiger charge is -2.33. The normalized spacial score (nSPS) is 14.0. The van der Waals surface area contributed by atoms with E-state index in [1.165, 1.54) is 0 Å². The molecule has 0 heterocycles. The van der Waals surface area contributed by atoms with Gasteiger partial charge in [-0.05, 0) is 26.7 Å². The molecule has 3 heteroatoms. The molecule has 0 rings (SSSR count). The number of nitrogens with two attached hydrogens (primary N) is 1. The van der Waals surface area contributed by atoms with Gasteiger partial charge >= 0.3 is 0 Å². The van der Waals surface area contributed by atoms with E-state index in [9.17, 15) is 0 Å². The van der Waals surface area contributed by atoms with Crippen molar-refractivity contribution in [3.05, 3.63) is 0 Å². The van der Waals surface area contributed by atoms with Crippen LogP contribution >= 0.6 is 0 Å². The topological polar surface area (TPSA) is 53.1 Å². The smallest absolute Gasteiger partial charge is 0.0920 e. The highest BCUT2D eigenvalue weighted by atomic mass is 15.2. The Hall–Kier alpha value is -0.570. The Bertz CT molecular complexity index is 175. The molecule has 3 N–H and O–H groups in total. The lowest BCUT2D eigenvalue weighted by molar-refractivity contribution is 0.148. The number of rotatable bonds is 6. The van der Waals surface area contributed by atoms with Crippen LogP contribution < -0.4 is 5.73 Å². The largest absolute Gasteiger partial charge is 0.388 e. The van der Waals surface area contributed by atoms with Crippen molar-refractivity contribution in [1.29, 1.82) is 5.41 Å². The first-order valence-corrected chi connectivity index (χ1v) is 5.43. The third-order valence-electron chi connectivity index (χ3n) is 2.32. The number of amidine groups is 1. The van der Waals surface area contributed by atoms with Gasteiger partial charge in [0, 0.05) is 25.0 Å². The predicted octanol–water partition coefficient (Wildman–Crippen LogP) is 2.07. The second-order valence-corrected chi connectivity index (χ2v) is 4.76. The molecule has 0 radical (unpaired) electrons. The van der Waals surface area contributed by atoms with Gasteiger partial charge in [0.2, 0.25) is 0 Å². The van der Waals surface area contributed by atoms with Gasteiger partial charge in [0.15, 0.2) is 0 Å². The molecule has 0 aromatic carbocycles. The quantitative estimate of drug-likeness (QED) is 0.508. The molecule has 1 atom stereocenters. The predicted molar refractivity (Wildman–Crippen MR) is 62.7 cm³/mol. The number of nitrogens with zero attached hydrogens (tertiary/aromatic N) is 1. The van der Waals surface area contributed by atoms with Crippen LogP contribution in [0, 0.1) is 11.3 Å². The van der Waals surface area contributed by atoms with Crippen LogP contribution in [0.25, 0.3) is 0 Å². The summed E-state index contributed by atoms with van der Waals surface area (Å²) in [6, 6.07) is 0.890. The van der Waals surface area contributed by atoms with Gasteiger partial charge in [-0.25, -0.2) is 0 Å². The maximum absolute atomic E-state index is 7.29. The lowest BCUT2D eigenvalue weighted by Crippen LogP contribution is -2.42. The summed E-state index contributed by atoms with van der Waals surface area (Å²) >= 11 is 0. The van der Waals surface area contributed by atoms with E-state index in [2.05, 4.69) is 39.5 Å². The summed E-state index contributed by atoms with van der Waals surface area (Å²) < 4.78 is 0. The highest BCUT2D eigenvalue weighted by Crippen LogP contribution is 2.11. The molecule has 1 unspecified atom stereocenters. The molecular formula is C11H25N3. The molecule has 0 aliphatic heterocycles. The Morgan fingerprint density at radius 3 is 2.00 bits per heavy atom. The summed E-state index contributed by atoms with van der Waals surface area (Å²) in [5.74, 6) is 0.943. The summed E-state index contributed by atoms with van der Waals surface area (Å²) in [5.41, 5.74) is 5.42. The first-order chi connectivity index (χ1) is 6.34. The van der Waals surface area contributed by atoms with Gasteiger partial charge in [-0.2, -0.15) is 0 Å². The van der Waals surface area contributed by atoms with Crippen molar-refractivity contribution in [2.45, 2.75) is 53.1 Å². The number of nitrogens with one attached hydrogen (secondary N) is 1. The Labute approximate surface area is 88.2 Å². The molecule has 3 nitrogen and oxygen atoms in total. The van der Waals surface area contributed by atoms with E-state index in [-0.39, 0.29) is 5.84 Å². The zero-order valence-corrected chi connectivity index (χ0v) is 10.2. The molecule has 0 aromatic heterocycles. The van der Waals surface area contributed by atoms with Crippen LogP contribution in [0.4, 0.5) is 0 Å². The van der Waals surface area contributed by atoms with Gasteiger partial charge in [0.25, 0.3) is 0 Å². The Morgan fingerprint density at radius 1 is 1.21 bits per heavy atom. The molecule has 0 saturated heterocycles. The molecule has 0 saturated carbocycles. The van der Waals surface area contributed by atoms with Gasteiger partial charge in [-0.15, -0.1) is 0 Å². The van der Waals surface area contributed by atoms with Crippen LogP contribution in [-0.4, -0.2) is 29.4 Å². The second-order valence-electron chi connectivity index (χ2n) is 4.76. The summed E-state index contributed by atoms with van der Waals surface area (Å²) in [6.07, 6.45) is 0.672. The van der Waals surface area contributed by atoms with Gasteiger partial charge in [0.05, 0.1) is 5.84 Å². The fourth-order valence-corrected chi connectivity index (χ4v) is 1.76.